The molecule has 0 fully saturated rings. The monoisotopic (exact) mass is 725 g/mol. The van der Waals surface area contributed by atoms with Crippen LogP contribution in [0.2, 0.25) is 0 Å². The van der Waals surface area contributed by atoms with Gasteiger partial charge >= 0.3 is 0 Å². The molecule has 0 N–H and O–H groups in total. The van der Waals surface area contributed by atoms with Crippen molar-refractivity contribution in [2.75, 3.05) is 0 Å². The molecule has 9 aromatic carbocycles. The van der Waals surface area contributed by atoms with E-state index in [2.05, 4.69) is 217 Å². The summed E-state index contributed by atoms with van der Waals surface area (Å²) in [6.45, 7) is 0. The summed E-state index contributed by atoms with van der Waals surface area (Å²) in [5.74, 6) is 0.696. The van der Waals surface area contributed by atoms with Crippen molar-refractivity contribution < 1.29 is 0 Å². The fraction of sp³-hybridized carbons (Fsp3) is 0. The molecule has 11 aromatic rings. The fourth-order valence-corrected chi connectivity index (χ4v) is 8.58. The summed E-state index contributed by atoms with van der Waals surface area (Å²) in [6.07, 6.45) is 0. The van der Waals surface area contributed by atoms with E-state index >= 15 is 0 Å². The maximum atomic E-state index is 5.39. The van der Waals surface area contributed by atoms with Gasteiger partial charge in [-0.25, -0.2) is 9.97 Å². The largest absolute Gasteiger partial charge is 0.309 e. The first-order chi connectivity index (χ1) is 28.3. The van der Waals surface area contributed by atoms with Gasteiger partial charge in [0.1, 0.15) is 0 Å². The van der Waals surface area contributed by atoms with Crippen LogP contribution in [0.4, 0.5) is 0 Å². The van der Waals surface area contributed by atoms with E-state index in [1.807, 2.05) is 0 Å². The van der Waals surface area contributed by atoms with Crippen molar-refractivity contribution in [3.05, 3.63) is 212 Å². The zero-order chi connectivity index (χ0) is 37.7. The molecular formula is C54H35N3. The molecule has 57 heavy (non-hydrogen) atoms. The van der Waals surface area contributed by atoms with Crippen molar-refractivity contribution in [1.29, 1.82) is 0 Å². The summed E-state index contributed by atoms with van der Waals surface area (Å²) in [4.78, 5) is 10.6. The smallest absolute Gasteiger partial charge is 0.162 e. The molecule has 0 spiro atoms. The zero-order valence-electron chi connectivity index (χ0n) is 31.0. The van der Waals surface area contributed by atoms with Gasteiger partial charge in [-0.3, -0.25) is 0 Å². The zero-order valence-corrected chi connectivity index (χ0v) is 31.0. The molecule has 0 aliphatic carbocycles. The first-order valence-electron chi connectivity index (χ1n) is 19.4. The van der Waals surface area contributed by atoms with Crippen LogP contribution in [0.5, 0.6) is 0 Å². The molecule has 3 heteroatoms. The molecule has 0 amide bonds. The van der Waals surface area contributed by atoms with Crippen LogP contribution in [-0.2, 0) is 0 Å². The van der Waals surface area contributed by atoms with Gasteiger partial charge in [-0.05, 0) is 80.6 Å². The summed E-state index contributed by atoms with van der Waals surface area (Å²) in [5, 5.41) is 5.93. The van der Waals surface area contributed by atoms with E-state index in [9.17, 15) is 0 Å². The Hall–Kier alpha value is -7.62. The maximum Gasteiger partial charge on any atom is 0.162 e. The quantitative estimate of drug-likeness (QED) is 0.171. The van der Waals surface area contributed by atoms with Crippen LogP contribution in [-0.4, -0.2) is 14.5 Å². The van der Waals surface area contributed by atoms with Crippen LogP contribution >= 0.6 is 0 Å². The van der Waals surface area contributed by atoms with Crippen LogP contribution in [0.3, 0.4) is 0 Å². The molecule has 2 heterocycles. The summed E-state index contributed by atoms with van der Waals surface area (Å²) >= 11 is 0. The van der Waals surface area contributed by atoms with E-state index in [0.717, 1.165) is 50.0 Å². The molecule has 0 radical (unpaired) electrons. The average molecular weight is 726 g/mol. The van der Waals surface area contributed by atoms with Crippen LogP contribution in [0.1, 0.15) is 0 Å². The lowest BCUT2D eigenvalue weighted by Gasteiger charge is -2.15. The van der Waals surface area contributed by atoms with Crippen LogP contribution < -0.4 is 0 Å². The third-order valence-electron chi connectivity index (χ3n) is 11.2. The Bertz CT molecular complexity index is 3230. The lowest BCUT2D eigenvalue weighted by atomic mass is 9.90. The Morgan fingerprint density at radius 2 is 0.877 bits per heavy atom. The van der Waals surface area contributed by atoms with Gasteiger partial charge in [-0.15, -0.1) is 0 Å². The van der Waals surface area contributed by atoms with Crippen molar-refractivity contribution in [3.8, 4) is 61.7 Å². The van der Waals surface area contributed by atoms with E-state index in [-0.39, 0.29) is 0 Å². The van der Waals surface area contributed by atoms with Gasteiger partial charge in [0.25, 0.3) is 0 Å². The van der Waals surface area contributed by atoms with Crippen LogP contribution in [0.15, 0.2) is 212 Å². The van der Waals surface area contributed by atoms with Crippen molar-refractivity contribution >= 4 is 43.5 Å². The minimum Gasteiger partial charge on any atom is -0.309 e. The SMILES string of the molecule is c1ccc(-c2cccc(-c3cccc4cccc(-c5ccc(-c6nc(-c7ccccc7-n7c8ccccc8c8ccccc87)nc7ccccc67)cc5)c34)c2)cc1. The highest BCUT2D eigenvalue weighted by Gasteiger charge is 2.19. The molecule has 0 atom stereocenters. The summed E-state index contributed by atoms with van der Waals surface area (Å²) < 4.78 is 2.35. The third-order valence-corrected chi connectivity index (χ3v) is 11.2. The first kappa shape index (κ1) is 32.8. The van der Waals surface area contributed by atoms with Gasteiger partial charge in [-0.2, -0.15) is 0 Å². The molecule has 0 aliphatic rings. The maximum absolute atomic E-state index is 5.39. The number of rotatable bonds is 6. The van der Waals surface area contributed by atoms with Crippen molar-refractivity contribution in [2.24, 2.45) is 0 Å². The van der Waals surface area contributed by atoms with Gasteiger partial charge in [0.05, 0.1) is 27.9 Å². The lowest BCUT2D eigenvalue weighted by Crippen LogP contribution is -2.01. The summed E-state index contributed by atoms with van der Waals surface area (Å²) in [7, 11) is 0. The second kappa shape index (κ2) is 13.6. The summed E-state index contributed by atoms with van der Waals surface area (Å²) in [5.41, 5.74) is 14.4. The summed E-state index contributed by atoms with van der Waals surface area (Å²) in [6, 6.07) is 75.7. The van der Waals surface area contributed by atoms with Crippen molar-refractivity contribution in [3.63, 3.8) is 0 Å². The second-order valence-electron chi connectivity index (χ2n) is 14.5. The minimum atomic E-state index is 0.696. The van der Waals surface area contributed by atoms with Crippen LogP contribution in [0, 0.1) is 0 Å². The molecule has 3 nitrogen and oxygen atoms in total. The first-order valence-corrected chi connectivity index (χ1v) is 19.4. The molecule has 2 aromatic heterocycles. The number of benzene rings is 9. The van der Waals surface area contributed by atoms with Gasteiger partial charge in [-0.1, -0.05) is 176 Å². The predicted molar refractivity (Wildman–Crippen MR) is 239 cm³/mol. The van der Waals surface area contributed by atoms with Crippen molar-refractivity contribution in [2.45, 2.75) is 0 Å². The third kappa shape index (κ3) is 5.60. The van der Waals surface area contributed by atoms with E-state index in [1.54, 1.807) is 0 Å². The van der Waals surface area contributed by atoms with Gasteiger partial charge in [0.15, 0.2) is 5.82 Å². The molecule has 0 aliphatic heterocycles. The van der Waals surface area contributed by atoms with Gasteiger partial charge in [0, 0.05) is 27.3 Å². The number of aromatic nitrogens is 3. The number of fused-ring (bicyclic) bond motifs is 5. The molecule has 11 rings (SSSR count). The predicted octanol–water partition coefficient (Wildman–Crippen LogP) is 14.2. The molecule has 266 valence electrons. The molecular weight excluding hydrogens is 691 g/mol. The molecule has 0 bridgehead atoms. The van der Waals surface area contributed by atoms with Gasteiger partial charge in [0.2, 0.25) is 0 Å². The Balaban J connectivity index is 1.04. The number of para-hydroxylation sites is 4. The normalized spacial score (nSPS) is 11.5. The molecule has 0 unspecified atom stereocenters. The Morgan fingerprint density at radius 1 is 0.333 bits per heavy atom. The van der Waals surface area contributed by atoms with E-state index < -0.39 is 0 Å². The highest BCUT2D eigenvalue weighted by molar-refractivity contribution is 6.10. The Morgan fingerprint density at radius 3 is 1.63 bits per heavy atom. The Labute approximate surface area is 330 Å². The highest BCUT2D eigenvalue weighted by atomic mass is 15.0. The lowest BCUT2D eigenvalue weighted by molar-refractivity contribution is 1.15. The van der Waals surface area contributed by atoms with Crippen molar-refractivity contribution in [1.82, 2.24) is 14.5 Å². The fourth-order valence-electron chi connectivity index (χ4n) is 8.58. The van der Waals surface area contributed by atoms with Gasteiger partial charge < -0.3 is 4.57 Å². The topological polar surface area (TPSA) is 30.7 Å². The standard InChI is InChI=1S/C54H35N3/c1-2-15-36(16-3-1)40-19-12-20-41(35-40)43-26-14-18-38-17-13-25-42(52(38)43)37-31-33-39(34-32-37)53-46-23-4-8-27-48(46)55-54(56-53)47-24-7-11-30-51(47)57-49-28-9-5-21-44(49)45-22-6-10-29-50(45)57/h1-35H. The average Bonchev–Trinajstić information content (AvgIpc) is 3.63. The van der Waals surface area contributed by atoms with E-state index in [4.69, 9.17) is 9.97 Å². The number of nitrogens with zero attached hydrogens (tertiary/aromatic N) is 3. The number of hydrogen-bond acceptors (Lipinski definition) is 2. The second-order valence-corrected chi connectivity index (χ2v) is 14.5. The molecule has 0 saturated heterocycles. The minimum absolute atomic E-state index is 0.696. The number of hydrogen-bond donors (Lipinski definition) is 0. The Kier molecular flexibility index (Phi) is 7.82. The highest BCUT2D eigenvalue weighted by Crippen LogP contribution is 2.40. The molecule has 0 saturated carbocycles. The van der Waals surface area contributed by atoms with E-state index in [0.29, 0.717) is 5.82 Å². The van der Waals surface area contributed by atoms with E-state index in [1.165, 1.54) is 49.4 Å². The van der Waals surface area contributed by atoms with Crippen LogP contribution in [0.25, 0.3) is 105 Å².